The van der Waals surface area contributed by atoms with Crippen LogP contribution < -0.4 is 0 Å². The average molecular weight is 658 g/mol. The van der Waals surface area contributed by atoms with Crippen molar-refractivity contribution in [3.63, 3.8) is 0 Å². The summed E-state index contributed by atoms with van der Waals surface area (Å²) in [4.78, 5) is 0. The van der Waals surface area contributed by atoms with Crippen LogP contribution >= 0.6 is 0 Å². The maximum atomic E-state index is 10.9. The Morgan fingerprint density at radius 3 is 1.70 bits per heavy atom. The van der Waals surface area contributed by atoms with Gasteiger partial charge in [-0.1, -0.05) is 0 Å². The molecule has 0 saturated carbocycles. The first-order chi connectivity index (χ1) is 21.7. The molecule has 8 rings (SSSR count). The molecular formula is C42H46OZr. The third-order valence-corrected chi connectivity index (χ3v) is 20.7. The monoisotopic (exact) mass is 656 g/mol. The Hall–Kier alpha value is -2.41. The number of hydrogen-bond donors (Lipinski definition) is 1. The van der Waals surface area contributed by atoms with E-state index in [1.807, 2.05) is 10.1 Å². The first-order valence-electron chi connectivity index (χ1n) is 17.4. The number of aliphatic hydroxyl groups excluding tert-OH is 1. The molecule has 0 heterocycles. The van der Waals surface area contributed by atoms with Crippen molar-refractivity contribution in [2.24, 2.45) is 11.8 Å². The molecule has 0 aromatic heterocycles. The molecule has 0 bridgehead atoms. The molecule has 0 amide bonds. The van der Waals surface area contributed by atoms with Crippen LogP contribution in [0.25, 0.3) is 12.2 Å². The molecule has 224 valence electrons. The zero-order chi connectivity index (χ0) is 29.6. The van der Waals surface area contributed by atoms with Crippen LogP contribution in [0.5, 0.6) is 0 Å². The van der Waals surface area contributed by atoms with E-state index in [0.717, 1.165) is 6.42 Å². The first kappa shape index (κ1) is 29.0. The topological polar surface area (TPSA) is 20.2 Å². The predicted octanol–water partition coefficient (Wildman–Crippen LogP) is 10.5. The quantitative estimate of drug-likeness (QED) is 0.300. The molecule has 5 unspecified atom stereocenters. The summed E-state index contributed by atoms with van der Waals surface area (Å²) in [5, 5.41) is 10.9. The van der Waals surface area contributed by atoms with Gasteiger partial charge in [-0.25, -0.2) is 0 Å². The molecule has 1 nitrogen and oxygen atoms in total. The standard InChI is InChI=1S/C19H22.C19H15.C4H9O.Zr/c2*1-3-7-18-14(5-1)9-11-16(18)13-17-12-10-15-6-2-4-8-19(15)17;1-3-4(2)5;/h9-12,16-17H,1-8H2;1-13,16-17H;4-5H,1,3H2,2H3;. The van der Waals surface area contributed by atoms with Crippen LogP contribution in [0.2, 0.25) is 7.75 Å². The van der Waals surface area contributed by atoms with Crippen molar-refractivity contribution in [1.82, 2.24) is 0 Å². The molecule has 0 radical (unpaired) electrons. The fraction of sp³-hybridized carbons (Fsp3) is 0.405. The minimum atomic E-state index is -2.56. The van der Waals surface area contributed by atoms with E-state index in [1.54, 1.807) is 22.3 Å². The van der Waals surface area contributed by atoms with E-state index in [1.165, 1.54) is 77.7 Å². The number of fused-ring (bicyclic) bond motifs is 2. The Morgan fingerprint density at radius 1 is 0.682 bits per heavy atom. The van der Waals surface area contributed by atoms with Crippen molar-refractivity contribution in [2.75, 3.05) is 0 Å². The number of allylic oxidation sites excluding steroid dienone is 10. The van der Waals surface area contributed by atoms with Gasteiger partial charge in [0.05, 0.1) is 0 Å². The average Bonchev–Trinajstić information content (AvgIpc) is 3.86. The summed E-state index contributed by atoms with van der Waals surface area (Å²) in [5.41, 5.74) is 12.7. The van der Waals surface area contributed by atoms with Crippen LogP contribution in [-0.4, -0.2) is 14.4 Å². The van der Waals surface area contributed by atoms with Crippen molar-refractivity contribution < 1.29 is 26.4 Å². The molecule has 2 aromatic carbocycles. The Kier molecular flexibility index (Phi) is 8.19. The van der Waals surface area contributed by atoms with Crippen LogP contribution in [-0.2, 0) is 21.3 Å². The van der Waals surface area contributed by atoms with Gasteiger partial charge in [-0.15, -0.1) is 0 Å². The molecule has 5 atom stereocenters. The van der Waals surface area contributed by atoms with Crippen molar-refractivity contribution >= 4 is 15.4 Å². The number of benzene rings is 2. The Balaban J connectivity index is 1.38. The molecule has 0 fully saturated rings. The van der Waals surface area contributed by atoms with Crippen molar-refractivity contribution in [2.45, 2.75) is 90.4 Å². The summed E-state index contributed by atoms with van der Waals surface area (Å²) < 4.78 is 3.74. The Labute approximate surface area is 272 Å². The van der Waals surface area contributed by atoms with Gasteiger partial charge in [-0.3, -0.25) is 0 Å². The van der Waals surface area contributed by atoms with Gasteiger partial charge < -0.3 is 0 Å². The zero-order valence-electron chi connectivity index (χ0n) is 26.2. The fourth-order valence-corrected chi connectivity index (χ4v) is 20.7. The molecule has 0 saturated heterocycles. The normalized spacial score (nSPS) is 27.4. The zero-order valence-corrected chi connectivity index (χ0v) is 28.7. The van der Waals surface area contributed by atoms with Crippen LogP contribution in [0.4, 0.5) is 0 Å². The van der Waals surface area contributed by atoms with Gasteiger partial charge in [0.2, 0.25) is 0 Å². The molecule has 1 N–H and O–H groups in total. The van der Waals surface area contributed by atoms with Crippen LogP contribution in [0.3, 0.4) is 0 Å². The van der Waals surface area contributed by atoms with Gasteiger partial charge in [-0.2, -0.15) is 0 Å². The first-order valence-corrected chi connectivity index (χ1v) is 21.8. The predicted molar refractivity (Wildman–Crippen MR) is 183 cm³/mol. The van der Waals surface area contributed by atoms with Crippen LogP contribution in [0.1, 0.15) is 98.8 Å². The molecular weight excluding hydrogens is 612 g/mol. The molecule has 2 aromatic rings. The van der Waals surface area contributed by atoms with Gasteiger partial charge in [0.25, 0.3) is 0 Å². The fourth-order valence-electron chi connectivity index (χ4n) is 9.53. The SMILES string of the molecule is CC(O)C[CH2][Zr](=[C](C1C=CC2=C1CCCC2)C1C=CC2=C1CCCC2)[CH](C1C=Cc2ccccc21)C1C=Cc2ccccc21. The van der Waals surface area contributed by atoms with Crippen molar-refractivity contribution in [1.29, 1.82) is 0 Å². The van der Waals surface area contributed by atoms with Gasteiger partial charge in [0.1, 0.15) is 0 Å². The van der Waals surface area contributed by atoms with E-state index >= 15 is 0 Å². The van der Waals surface area contributed by atoms with E-state index in [4.69, 9.17) is 0 Å². The Morgan fingerprint density at radius 2 is 1.18 bits per heavy atom. The molecule has 6 aliphatic rings. The second-order valence-electron chi connectivity index (χ2n) is 14.1. The summed E-state index contributed by atoms with van der Waals surface area (Å²) >= 11 is -2.56. The summed E-state index contributed by atoms with van der Waals surface area (Å²) in [5.74, 6) is 1.86. The van der Waals surface area contributed by atoms with Gasteiger partial charge in [0, 0.05) is 0 Å². The number of hydrogen-bond acceptors (Lipinski definition) is 1. The van der Waals surface area contributed by atoms with Crippen molar-refractivity contribution in [3.05, 3.63) is 130 Å². The number of rotatable bonds is 8. The molecule has 2 heteroatoms. The van der Waals surface area contributed by atoms with E-state index in [-0.39, 0.29) is 6.10 Å². The van der Waals surface area contributed by atoms with Gasteiger partial charge in [0.15, 0.2) is 0 Å². The molecule has 6 aliphatic carbocycles. The van der Waals surface area contributed by atoms with Crippen LogP contribution in [0.15, 0.2) is 107 Å². The van der Waals surface area contributed by atoms with E-state index < -0.39 is 21.3 Å². The van der Waals surface area contributed by atoms with E-state index in [0.29, 0.717) is 27.3 Å². The minimum absolute atomic E-state index is 0.252. The second-order valence-corrected chi connectivity index (χ2v) is 21.0. The third kappa shape index (κ3) is 5.19. The molecule has 44 heavy (non-hydrogen) atoms. The van der Waals surface area contributed by atoms with Crippen molar-refractivity contribution in [3.8, 4) is 0 Å². The van der Waals surface area contributed by atoms with E-state index in [2.05, 4.69) is 97.1 Å². The number of aliphatic hydroxyl groups is 1. The van der Waals surface area contributed by atoms with E-state index in [9.17, 15) is 5.11 Å². The Bertz CT molecular complexity index is 1560. The molecule has 0 spiro atoms. The summed E-state index contributed by atoms with van der Waals surface area (Å²) in [6.07, 6.45) is 31.5. The maximum absolute atomic E-state index is 10.9. The summed E-state index contributed by atoms with van der Waals surface area (Å²) in [7, 11) is 0. The summed E-state index contributed by atoms with van der Waals surface area (Å²) in [6, 6.07) is 18.4. The van der Waals surface area contributed by atoms with Gasteiger partial charge >= 0.3 is 274 Å². The van der Waals surface area contributed by atoms with Crippen LogP contribution in [0, 0.1) is 11.8 Å². The second kappa shape index (κ2) is 12.4. The third-order valence-electron chi connectivity index (χ3n) is 11.6. The van der Waals surface area contributed by atoms with Gasteiger partial charge in [-0.05, 0) is 0 Å². The summed E-state index contributed by atoms with van der Waals surface area (Å²) in [6.45, 7) is 2.03. The molecule has 0 aliphatic heterocycles.